The Morgan fingerprint density at radius 2 is 2.27 bits per heavy atom. The molecule has 1 rings (SSSR count). The molecular weight excluding hydrogens is 216 g/mol. The van der Waals surface area contributed by atoms with Crippen LogP contribution < -0.4 is 11.3 Å². The van der Waals surface area contributed by atoms with Gasteiger partial charge in [0.2, 0.25) is 0 Å². The Bertz CT molecular complexity index is 370. The van der Waals surface area contributed by atoms with Gasteiger partial charge in [0.15, 0.2) is 6.10 Å². The van der Waals surface area contributed by atoms with Gasteiger partial charge in [0.25, 0.3) is 0 Å². The van der Waals surface area contributed by atoms with Crippen LogP contribution in [0.3, 0.4) is 0 Å². The lowest BCUT2D eigenvalue weighted by Gasteiger charge is -2.14. The molecule has 1 atom stereocenters. The molecule has 1 aromatic rings. The number of aliphatic hydroxyl groups is 1. The highest BCUT2D eigenvalue weighted by Crippen LogP contribution is 2.31. The van der Waals surface area contributed by atoms with Gasteiger partial charge in [-0.3, -0.25) is 5.84 Å². The van der Waals surface area contributed by atoms with Gasteiger partial charge in [-0.15, -0.1) is 11.8 Å². The topological polar surface area (TPSA) is 95.6 Å². The minimum absolute atomic E-state index is 0.261. The molecule has 0 aliphatic carbocycles. The lowest BCUT2D eigenvalue weighted by molar-refractivity contribution is -0.146. The van der Waals surface area contributed by atoms with Crippen molar-refractivity contribution < 1.29 is 15.0 Å². The van der Waals surface area contributed by atoms with E-state index >= 15 is 0 Å². The van der Waals surface area contributed by atoms with Crippen LogP contribution in [0.5, 0.6) is 0 Å². The van der Waals surface area contributed by atoms with Crippen LogP contribution in [-0.2, 0) is 4.79 Å². The molecule has 0 aliphatic rings. The number of aliphatic carboxylic acids is 1. The van der Waals surface area contributed by atoms with E-state index in [-0.39, 0.29) is 5.56 Å². The first kappa shape index (κ1) is 11.8. The van der Waals surface area contributed by atoms with E-state index in [1.54, 1.807) is 12.1 Å². The van der Waals surface area contributed by atoms with Gasteiger partial charge in [0.05, 0.1) is 5.69 Å². The Morgan fingerprint density at radius 1 is 1.60 bits per heavy atom. The highest BCUT2D eigenvalue weighted by molar-refractivity contribution is 7.98. The van der Waals surface area contributed by atoms with Crippen molar-refractivity contribution in [3.8, 4) is 0 Å². The molecule has 0 spiro atoms. The summed E-state index contributed by atoms with van der Waals surface area (Å²) in [5.41, 5.74) is 3.11. The Balaban J connectivity index is 3.22. The summed E-state index contributed by atoms with van der Waals surface area (Å²) >= 11 is 1.42. The Labute approximate surface area is 91.3 Å². The van der Waals surface area contributed by atoms with Crippen LogP contribution in [0, 0.1) is 0 Å². The summed E-state index contributed by atoms with van der Waals surface area (Å²) in [7, 11) is 0. The summed E-state index contributed by atoms with van der Waals surface area (Å²) in [5, 5.41) is 18.1. The smallest absolute Gasteiger partial charge is 0.337 e. The highest BCUT2D eigenvalue weighted by Gasteiger charge is 2.20. The Kier molecular flexibility index (Phi) is 3.96. The molecule has 1 aromatic carbocycles. The van der Waals surface area contributed by atoms with Crippen LogP contribution >= 0.6 is 11.8 Å². The van der Waals surface area contributed by atoms with E-state index in [1.165, 1.54) is 17.8 Å². The van der Waals surface area contributed by atoms with Crippen LogP contribution in [0.25, 0.3) is 0 Å². The molecule has 6 heteroatoms. The van der Waals surface area contributed by atoms with Gasteiger partial charge in [-0.05, 0) is 12.3 Å². The summed E-state index contributed by atoms with van der Waals surface area (Å²) in [6.07, 6.45) is 0.274. The average Bonchev–Trinajstić information content (AvgIpc) is 2.26. The summed E-state index contributed by atoms with van der Waals surface area (Å²) < 4.78 is 0. The number of benzene rings is 1. The fourth-order valence-electron chi connectivity index (χ4n) is 1.23. The maximum atomic E-state index is 10.6. The quantitative estimate of drug-likeness (QED) is 0.346. The van der Waals surface area contributed by atoms with E-state index < -0.39 is 12.1 Å². The monoisotopic (exact) mass is 228 g/mol. The predicted octanol–water partition coefficient (Wildman–Crippen LogP) is 0.812. The number of nitrogen functional groups attached to an aromatic ring is 1. The van der Waals surface area contributed by atoms with E-state index in [2.05, 4.69) is 5.43 Å². The van der Waals surface area contributed by atoms with Crippen molar-refractivity contribution in [2.75, 3.05) is 11.7 Å². The first-order chi connectivity index (χ1) is 7.11. The third kappa shape index (κ3) is 2.41. The number of hydrazine groups is 1. The number of nitrogens with one attached hydrogen (secondary N) is 1. The molecule has 0 saturated carbocycles. The molecule has 15 heavy (non-hydrogen) atoms. The molecule has 0 aromatic heterocycles. The SMILES string of the molecule is CSc1cccc(C(O)C(=O)O)c1NN. The van der Waals surface area contributed by atoms with Crippen LogP contribution in [0.2, 0.25) is 0 Å². The molecule has 0 aliphatic heterocycles. The number of aliphatic hydroxyl groups excluding tert-OH is 1. The van der Waals surface area contributed by atoms with Crippen molar-refractivity contribution in [3.63, 3.8) is 0 Å². The van der Waals surface area contributed by atoms with Crippen molar-refractivity contribution in [1.29, 1.82) is 0 Å². The second kappa shape index (κ2) is 5.01. The van der Waals surface area contributed by atoms with E-state index in [4.69, 9.17) is 10.9 Å². The molecule has 0 saturated heterocycles. The highest BCUT2D eigenvalue weighted by atomic mass is 32.2. The molecule has 1 unspecified atom stereocenters. The predicted molar refractivity (Wildman–Crippen MR) is 58.6 cm³/mol. The number of anilines is 1. The second-order valence-corrected chi connectivity index (χ2v) is 3.66. The van der Waals surface area contributed by atoms with Crippen molar-refractivity contribution >= 4 is 23.4 Å². The van der Waals surface area contributed by atoms with Gasteiger partial charge in [0, 0.05) is 10.5 Å². The van der Waals surface area contributed by atoms with Gasteiger partial charge < -0.3 is 15.6 Å². The molecule has 5 N–H and O–H groups in total. The number of hydrogen-bond donors (Lipinski definition) is 4. The number of rotatable bonds is 4. The fourth-order valence-corrected chi connectivity index (χ4v) is 1.83. The Hall–Kier alpha value is -1.24. The van der Waals surface area contributed by atoms with E-state index in [9.17, 15) is 9.90 Å². The molecule has 0 bridgehead atoms. The third-order valence-corrected chi connectivity index (χ3v) is 2.73. The maximum Gasteiger partial charge on any atom is 0.337 e. The average molecular weight is 228 g/mol. The van der Waals surface area contributed by atoms with Crippen LogP contribution in [-0.4, -0.2) is 22.4 Å². The summed E-state index contributed by atoms with van der Waals surface area (Å²) in [6, 6.07) is 4.99. The fraction of sp³-hybridized carbons (Fsp3) is 0.222. The maximum absolute atomic E-state index is 10.6. The lowest BCUT2D eigenvalue weighted by atomic mass is 10.1. The number of carbonyl (C=O) groups is 1. The third-order valence-electron chi connectivity index (χ3n) is 1.95. The number of thioether (sulfide) groups is 1. The number of carboxylic acid groups (broad SMARTS) is 1. The number of hydrogen-bond acceptors (Lipinski definition) is 5. The van der Waals surface area contributed by atoms with Crippen LogP contribution in [0.15, 0.2) is 23.1 Å². The number of nitrogens with two attached hydrogens (primary N) is 1. The van der Waals surface area contributed by atoms with Crippen LogP contribution in [0.4, 0.5) is 5.69 Å². The summed E-state index contributed by atoms with van der Waals surface area (Å²) in [4.78, 5) is 11.4. The van der Waals surface area contributed by atoms with E-state index in [0.717, 1.165) is 4.90 Å². The minimum atomic E-state index is -1.57. The summed E-state index contributed by atoms with van der Waals surface area (Å²) in [6.45, 7) is 0. The molecule has 0 radical (unpaired) electrons. The number of para-hydroxylation sites is 1. The zero-order valence-corrected chi connectivity index (χ0v) is 8.91. The first-order valence-electron chi connectivity index (χ1n) is 4.16. The molecule has 82 valence electrons. The molecule has 0 fully saturated rings. The zero-order valence-electron chi connectivity index (χ0n) is 8.10. The molecule has 5 nitrogen and oxygen atoms in total. The van der Waals surface area contributed by atoms with E-state index in [0.29, 0.717) is 5.69 Å². The largest absolute Gasteiger partial charge is 0.479 e. The first-order valence-corrected chi connectivity index (χ1v) is 5.38. The van der Waals surface area contributed by atoms with E-state index in [1.807, 2.05) is 6.26 Å². The lowest BCUT2D eigenvalue weighted by Crippen LogP contribution is -2.16. The normalized spacial score (nSPS) is 12.2. The van der Waals surface area contributed by atoms with Gasteiger partial charge in [0.1, 0.15) is 0 Å². The Morgan fingerprint density at radius 3 is 2.73 bits per heavy atom. The number of carboxylic acids is 1. The molecular formula is C9H12N2O3S. The van der Waals surface area contributed by atoms with Crippen molar-refractivity contribution in [2.45, 2.75) is 11.0 Å². The van der Waals surface area contributed by atoms with Gasteiger partial charge >= 0.3 is 5.97 Å². The van der Waals surface area contributed by atoms with Gasteiger partial charge in [-0.25, -0.2) is 4.79 Å². The molecule has 0 heterocycles. The molecule has 0 amide bonds. The zero-order chi connectivity index (χ0) is 11.4. The van der Waals surface area contributed by atoms with Gasteiger partial charge in [-0.1, -0.05) is 12.1 Å². The van der Waals surface area contributed by atoms with Crippen molar-refractivity contribution in [1.82, 2.24) is 0 Å². The van der Waals surface area contributed by atoms with Crippen molar-refractivity contribution in [2.24, 2.45) is 5.84 Å². The minimum Gasteiger partial charge on any atom is -0.479 e. The summed E-state index contributed by atoms with van der Waals surface area (Å²) in [5.74, 6) is 4.00. The second-order valence-electron chi connectivity index (χ2n) is 2.81. The van der Waals surface area contributed by atoms with Gasteiger partial charge in [-0.2, -0.15) is 0 Å². The van der Waals surface area contributed by atoms with Crippen molar-refractivity contribution in [3.05, 3.63) is 23.8 Å². The van der Waals surface area contributed by atoms with Crippen LogP contribution in [0.1, 0.15) is 11.7 Å². The standard InChI is InChI=1S/C9H12N2O3S/c1-15-6-4-2-3-5(7(6)11-10)8(12)9(13)14/h2-4,8,11-12H,10H2,1H3,(H,13,14).